The Morgan fingerprint density at radius 3 is 2.39 bits per heavy atom. The van der Waals surface area contributed by atoms with Gasteiger partial charge in [-0.15, -0.1) is 0 Å². The molecule has 0 saturated carbocycles. The maximum atomic E-state index is 6.17. The zero-order valence-electron chi connectivity index (χ0n) is 15.0. The number of para-hydroxylation sites is 1. The largest absolute Gasteiger partial charge is 0.260 e. The van der Waals surface area contributed by atoms with E-state index in [4.69, 9.17) is 23.2 Å². The minimum Gasteiger partial charge on any atom is -0.260 e. The van der Waals surface area contributed by atoms with Crippen LogP contribution in [-0.2, 0) is 0 Å². The first-order chi connectivity index (χ1) is 13.6. The summed E-state index contributed by atoms with van der Waals surface area (Å²) in [4.78, 5) is 9.34. The van der Waals surface area contributed by atoms with Crippen LogP contribution in [0.3, 0.4) is 0 Å². The minimum atomic E-state index is 0.461. The smallest absolute Gasteiger partial charge is 0.162 e. The van der Waals surface area contributed by atoms with Crippen molar-refractivity contribution >= 4 is 45.6 Å². The maximum absolute atomic E-state index is 6.17. The minimum absolute atomic E-state index is 0.461. The Balaban J connectivity index is 1.77. The van der Waals surface area contributed by atoms with Crippen molar-refractivity contribution in [3.63, 3.8) is 0 Å². The fraction of sp³-hybridized carbons (Fsp3) is 0.0455. The SMILES string of the molecule is C/C(=N/Nc1nc(-c2ccc(Cl)c(Cl)c2)nc2ccccc12)c1ccccc1. The van der Waals surface area contributed by atoms with E-state index in [2.05, 4.69) is 20.5 Å². The van der Waals surface area contributed by atoms with E-state index < -0.39 is 0 Å². The molecule has 0 fully saturated rings. The van der Waals surface area contributed by atoms with Gasteiger partial charge in [-0.1, -0.05) is 65.7 Å². The predicted octanol–water partition coefficient (Wildman–Crippen LogP) is 6.44. The van der Waals surface area contributed by atoms with Crippen molar-refractivity contribution < 1.29 is 0 Å². The number of benzene rings is 3. The van der Waals surface area contributed by atoms with E-state index in [0.29, 0.717) is 21.7 Å². The van der Waals surface area contributed by atoms with E-state index in [1.165, 1.54) is 0 Å². The van der Waals surface area contributed by atoms with Gasteiger partial charge in [-0.25, -0.2) is 9.97 Å². The number of fused-ring (bicyclic) bond motifs is 1. The normalized spacial score (nSPS) is 11.6. The second-order valence-corrected chi connectivity index (χ2v) is 7.03. The van der Waals surface area contributed by atoms with Crippen LogP contribution in [0.5, 0.6) is 0 Å². The van der Waals surface area contributed by atoms with Gasteiger partial charge in [-0.3, -0.25) is 5.43 Å². The Hall–Kier alpha value is -2.95. The number of nitrogens with one attached hydrogen (secondary N) is 1. The molecule has 0 bridgehead atoms. The monoisotopic (exact) mass is 406 g/mol. The molecule has 4 nitrogen and oxygen atoms in total. The summed E-state index contributed by atoms with van der Waals surface area (Å²) in [5.74, 6) is 1.18. The lowest BCUT2D eigenvalue weighted by Crippen LogP contribution is -2.03. The van der Waals surface area contributed by atoms with Crippen molar-refractivity contribution in [3.8, 4) is 11.4 Å². The van der Waals surface area contributed by atoms with Gasteiger partial charge < -0.3 is 0 Å². The molecule has 28 heavy (non-hydrogen) atoms. The predicted molar refractivity (Wildman–Crippen MR) is 117 cm³/mol. The summed E-state index contributed by atoms with van der Waals surface area (Å²) in [6.07, 6.45) is 0. The molecule has 4 rings (SSSR count). The molecule has 138 valence electrons. The van der Waals surface area contributed by atoms with E-state index in [0.717, 1.165) is 27.7 Å². The molecule has 0 radical (unpaired) electrons. The number of aromatic nitrogens is 2. The van der Waals surface area contributed by atoms with Crippen LogP contribution in [0.4, 0.5) is 5.82 Å². The summed E-state index contributed by atoms with van der Waals surface area (Å²) in [6.45, 7) is 1.95. The Morgan fingerprint density at radius 2 is 1.61 bits per heavy atom. The molecule has 1 heterocycles. The third kappa shape index (κ3) is 3.84. The maximum Gasteiger partial charge on any atom is 0.162 e. The quantitative estimate of drug-likeness (QED) is 0.313. The summed E-state index contributed by atoms with van der Waals surface area (Å²) in [7, 11) is 0. The van der Waals surface area contributed by atoms with Gasteiger partial charge in [-0.2, -0.15) is 5.10 Å². The zero-order chi connectivity index (χ0) is 19.5. The molecule has 0 saturated heterocycles. The second-order valence-electron chi connectivity index (χ2n) is 6.22. The van der Waals surface area contributed by atoms with Crippen molar-refractivity contribution in [2.75, 3.05) is 5.43 Å². The Labute approximate surface area is 172 Å². The number of halogens is 2. The number of rotatable bonds is 4. The topological polar surface area (TPSA) is 50.2 Å². The van der Waals surface area contributed by atoms with Crippen LogP contribution in [-0.4, -0.2) is 15.7 Å². The summed E-state index contributed by atoms with van der Waals surface area (Å²) in [5, 5.41) is 6.35. The summed E-state index contributed by atoms with van der Waals surface area (Å²) in [6, 6.07) is 23.1. The number of nitrogens with zero attached hydrogens (tertiary/aromatic N) is 3. The number of hydrogen-bond acceptors (Lipinski definition) is 4. The highest BCUT2D eigenvalue weighted by atomic mass is 35.5. The van der Waals surface area contributed by atoms with Gasteiger partial charge in [-0.05, 0) is 42.8 Å². The average Bonchev–Trinajstić information content (AvgIpc) is 2.74. The van der Waals surface area contributed by atoms with Crippen LogP contribution in [0, 0.1) is 0 Å². The standard InChI is InChI=1S/C22H16Cl2N4/c1-14(15-7-3-2-4-8-15)27-28-22-17-9-5-6-10-20(17)25-21(26-22)16-11-12-18(23)19(24)13-16/h2-13H,1H3,(H,25,26,28)/b27-14-. The first-order valence-electron chi connectivity index (χ1n) is 8.70. The molecular weight excluding hydrogens is 391 g/mol. The van der Waals surface area contributed by atoms with Gasteiger partial charge >= 0.3 is 0 Å². The van der Waals surface area contributed by atoms with Gasteiger partial charge in [0.2, 0.25) is 0 Å². The first kappa shape index (κ1) is 18.4. The van der Waals surface area contributed by atoms with Crippen molar-refractivity contribution in [3.05, 3.63) is 88.4 Å². The molecule has 0 atom stereocenters. The van der Waals surface area contributed by atoms with Crippen LogP contribution >= 0.6 is 23.2 Å². The highest BCUT2D eigenvalue weighted by Gasteiger charge is 2.10. The summed E-state index contributed by atoms with van der Waals surface area (Å²) < 4.78 is 0. The average molecular weight is 407 g/mol. The molecule has 1 aromatic heterocycles. The fourth-order valence-corrected chi connectivity index (χ4v) is 3.10. The van der Waals surface area contributed by atoms with Gasteiger partial charge in [0.25, 0.3) is 0 Å². The molecule has 0 aliphatic rings. The molecular formula is C22H16Cl2N4. The lowest BCUT2D eigenvalue weighted by Gasteiger charge is -2.09. The highest BCUT2D eigenvalue weighted by Crippen LogP contribution is 2.29. The molecule has 3 aromatic carbocycles. The van der Waals surface area contributed by atoms with Crippen molar-refractivity contribution in [2.24, 2.45) is 5.10 Å². The van der Waals surface area contributed by atoms with E-state index in [9.17, 15) is 0 Å². The molecule has 0 unspecified atom stereocenters. The van der Waals surface area contributed by atoms with E-state index in [-0.39, 0.29) is 0 Å². The van der Waals surface area contributed by atoms with Crippen molar-refractivity contribution in [1.29, 1.82) is 0 Å². The fourth-order valence-electron chi connectivity index (χ4n) is 2.81. The molecule has 1 N–H and O–H groups in total. The zero-order valence-corrected chi connectivity index (χ0v) is 16.5. The van der Waals surface area contributed by atoms with Gasteiger partial charge in [0.15, 0.2) is 11.6 Å². The Kier molecular flexibility index (Phi) is 5.24. The first-order valence-corrected chi connectivity index (χ1v) is 9.45. The van der Waals surface area contributed by atoms with Gasteiger partial charge in [0, 0.05) is 10.9 Å². The van der Waals surface area contributed by atoms with E-state index >= 15 is 0 Å². The van der Waals surface area contributed by atoms with Crippen LogP contribution in [0.1, 0.15) is 12.5 Å². The number of hydrogen-bond donors (Lipinski definition) is 1. The Bertz CT molecular complexity index is 1170. The van der Waals surface area contributed by atoms with Crippen LogP contribution < -0.4 is 5.43 Å². The van der Waals surface area contributed by atoms with Crippen LogP contribution in [0.2, 0.25) is 10.0 Å². The number of hydrazone groups is 1. The molecule has 0 aliphatic heterocycles. The van der Waals surface area contributed by atoms with Crippen molar-refractivity contribution in [2.45, 2.75) is 6.92 Å². The third-order valence-electron chi connectivity index (χ3n) is 4.30. The number of anilines is 1. The van der Waals surface area contributed by atoms with Crippen LogP contribution in [0.15, 0.2) is 77.9 Å². The van der Waals surface area contributed by atoms with Gasteiger partial charge in [0.1, 0.15) is 0 Å². The molecule has 4 aromatic rings. The van der Waals surface area contributed by atoms with Gasteiger partial charge in [0.05, 0.1) is 21.3 Å². The van der Waals surface area contributed by atoms with Crippen molar-refractivity contribution in [1.82, 2.24) is 9.97 Å². The Morgan fingerprint density at radius 1 is 0.857 bits per heavy atom. The lowest BCUT2D eigenvalue weighted by atomic mass is 10.1. The molecule has 0 aliphatic carbocycles. The lowest BCUT2D eigenvalue weighted by molar-refractivity contribution is 1.18. The van der Waals surface area contributed by atoms with E-state index in [1.54, 1.807) is 12.1 Å². The molecule has 6 heteroatoms. The van der Waals surface area contributed by atoms with E-state index in [1.807, 2.05) is 67.6 Å². The second kappa shape index (κ2) is 7.97. The highest BCUT2D eigenvalue weighted by molar-refractivity contribution is 6.42. The molecule has 0 spiro atoms. The van der Waals surface area contributed by atoms with Crippen LogP contribution in [0.25, 0.3) is 22.3 Å². The summed E-state index contributed by atoms with van der Waals surface area (Å²) >= 11 is 12.2. The molecule has 0 amide bonds. The summed E-state index contributed by atoms with van der Waals surface area (Å²) in [5.41, 5.74) is 6.60. The third-order valence-corrected chi connectivity index (χ3v) is 5.04.